The van der Waals surface area contributed by atoms with Gasteiger partial charge in [0, 0.05) is 37.6 Å². The molecule has 0 aromatic heterocycles. The fourth-order valence-corrected chi connectivity index (χ4v) is 8.01. The minimum Gasteiger partial charge on any atom is -0.285 e. The highest BCUT2D eigenvalue weighted by Gasteiger charge is 2.65. The number of nitrogens with zero attached hydrogens (tertiary/aromatic N) is 2. The lowest BCUT2D eigenvalue weighted by Crippen LogP contribution is -2.51. The number of aryl methyl sites for hydroxylation is 1. The summed E-state index contributed by atoms with van der Waals surface area (Å²) in [6.45, 7) is 4.34. The summed E-state index contributed by atoms with van der Waals surface area (Å²) in [5, 5.41) is 5.37. The Hall–Kier alpha value is -5.36. The summed E-state index contributed by atoms with van der Waals surface area (Å²) in [4.78, 5) is 48.9. The molecule has 6 nitrogen and oxygen atoms in total. The van der Waals surface area contributed by atoms with Gasteiger partial charge in [0.25, 0.3) is 11.8 Å². The van der Waals surface area contributed by atoms with Crippen molar-refractivity contribution in [3.63, 3.8) is 0 Å². The molecule has 0 radical (unpaired) electrons. The Balaban J connectivity index is 0.000000138. The topological polar surface area (TPSA) is 74.8 Å². The van der Waals surface area contributed by atoms with Crippen LogP contribution in [0.2, 0.25) is 0 Å². The second-order valence-electron chi connectivity index (χ2n) is 12.6. The van der Waals surface area contributed by atoms with Crippen molar-refractivity contribution in [2.45, 2.75) is 32.6 Å². The molecule has 2 aliphatic heterocycles. The van der Waals surface area contributed by atoms with Crippen LogP contribution in [-0.2, 0) is 24.6 Å². The van der Waals surface area contributed by atoms with Gasteiger partial charge in [-0.05, 0) is 62.4 Å². The Labute approximate surface area is 275 Å². The molecule has 0 N–H and O–H groups in total. The van der Waals surface area contributed by atoms with Crippen LogP contribution in [0.4, 0.5) is 0 Å². The monoisotopic (exact) mass is 622 g/mol. The minimum atomic E-state index is -0.426. The third-order valence-electron chi connectivity index (χ3n) is 10.3. The van der Waals surface area contributed by atoms with Crippen LogP contribution in [0.3, 0.4) is 0 Å². The molecule has 3 aliphatic carbocycles. The fourth-order valence-electron chi connectivity index (χ4n) is 8.01. The molecule has 10 rings (SSSR count). The molecule has 47 heavy (non-hydrogen) atoms. The number of fused-ring (bicyclic) bond motifs is 2. The van der Waals surface area contributed by atoms with Crippen molar-refractivity contribution in [3.8, 4) is 0 Å². The molecule has 2 bridgehead atoms. The predicted molar refractivity (Wildman–Crippen MR) is 186 cm³/mol. The van der Waals surface area contributed by atoms with Crippen molar-refractivity contribution in [2.24, 2.45) is 11.8 Å². The van der Waals surface area contributed by atoms with Crippen molar-refractivity contribution in [3.05, 3.63) is 143 Å². The maximum atomic E-state index is 12.9. The summed E-state index contributed by atoms with van der Waals surface area (Å²) in [6.07, 6.45) is 2.50. The molecule has 2 unspecified atom stereocenters. The zero-order valence-electron chi connectivity index (χ0n) is 26.2. The second-order valence-corrected chi connectivity index (χ2v) is 12.6. The van der Waals surface area contributed by atoms with Crippen molar-refractivity contribution in [2.75, 3.05) is 14.1 Å². The summed E-state index contributed by atoms with van der Waals surface area (Å²) in [6, 6.07) is 36.0. The summed E-state index contributed by atoms with van der Waals surface area (Å²) < 4.78 is 0. The van der Waals surface area contributed by atoms with Crippen LogP contribution in [0.25, 0.3) is 21.5 Å². The Bertz CT molecular complexity index is 2010. The molecule has 1 saturated heterocycles. The van der Waals surface area contributed by atoms with Crippen molar-refractivity contribution >= 4 is 45.2 Å². The zero-order chi connectivity index (χ0) is 32.3. The average Bonchev–Trinajstić information content (AvgIpc) is 3.51. The molecule has 1 fully saturated rings. The average molecular weight is 623 g/mol. The Morgan fingerprint density at radius 2 is 1.04 bits per heavy atom. The van der Waals surface area contributed by atoms with Crippen molar-refractivity contribution in [1.82, 2.24) is 9.80 Å². The van der Waals surface area contributed by atoms with Crippen LogP contribution in [0.15, 0.2) is 115 Å². The number of benzene rings is 5. The van der Waals surface area contributed by atoms with E-state index < -0.39 is 5.41 Å². The van der Waals surface area contributed by atoms with Gasteiger partial charge in [0.15, 0.2) is 0 Å². The number of rotatable bonds is 0. The molecule has 5 aromatic rings. The Morgan fingerprint density at radius 1 is 0.596 bits per heavy atom. The molecule has 0 spiro atoms. The lowest BCUT2D eigenvalue weighted by Gasteiger charge is -2.52. The first-order chi connectivity index (χ1) is 22.1. The number of hydrogen-bond donors (Lipinski definition) is 0. The van der Waals surface area contributed by atoms with Crippen molar-refractivity contribution < 1.29 is 19.2 Å². The number of carbonyl (C=O) groups is 4. The maximum Gasteiger partial charge on any atom is 0.253 e. The number of likely N-dealkylation sites (N-methyl/N-ethyl adjacent to an activating group) is 1. The van der Waals surface area contributed by atoms with Crippen LogP contribution in [-0.4, -0.2) is 47.5 Å². The Kier molecular flexibility index (Phi) is 7.92. The highest BCUT2D eigenvalue weighted by molar-refractivity contribution is 6.12. The summed E-state index contributed by atoms with van der Waals surface area (Å²) in [7, 11) is 3.08. The first-order valence-corrected chi connectivity index (χ1v) is 15.5. The molecule has 5 aromatic carbocycles. The highest BCUT2D eigenvalue weighted by atomic mass is 16.2. The van der Waals surface area contributed by atoms with Crippen LogP contribution in [0.1, 0.15) is 48.1 Å². The maximum absolute atomic E-state index is 12.9. The van der Waals surface area contributed by atoms with E-state index >= 15 is 0 Å². The first-order valence-electron chi connectivity index (χ1n) is 15.5. The predicted octanol–water partition coefficient (Wildman–Crippen LogP) is 7.16. The van der Waals surface area contributed by atoms with E-state index in [-0.39, 0.29) is 48.8 Å². The standard InChI is InChI=1S/C20H17NO2.C15H12.C5H5NO2.CH4/c1-20-13-9-5-3-7-11(13)15(12-8-4-6-10-14(12)20)16-17(20)19(23)21(2)18(16)22;1-11-14-8-4-2-6-12(14)10-13-7-3-5-9-15(11)13;1-6-4(7)2-3-5(6)8;/h3-10,15-17H,1-2H3;2-10H,1H3;2-3H,1H3;1H4. The zero-order valence-corrected chi connectivity index (χ0v) is 26.2. The van der Waals surface area contributed by atoms with E-state index in [1.807, 2.05) is 24.3 Å². The largest absolute Gasteiger partial charge is 0.285 e. The lowest BCUT2D eigenvalue weighted by molar-refractivity contribution is -0.139. The van der Waals surface area contributed by atoms with Crippen LogP contribution < -0.4 is 0 Å². The van der Waals surface area contributed by atoms with Gasteiger partial charge in [0.2, 0.25) is 11.8 Å². The summed E-state index contributed by atoms with van der Waals surface area (Å²) in [5.41, 5.74) is 5.80. The van der Waals surface area contributed by atoms with E-state index in [9.17, 15) is 19.2 Å². The SMILES string of the molecule is C.CN1C(=O)C2C3c4ccccc4C(C)(c4ccccc43)C2C1=O.CN1C(=O)C=CC1=O.Cc1c2ccccc2cc2ccccc12. The number of hydrogen-bond acceptors (Lipinski definition) is 4. The number of amides is 4. The third kappa shape index (κ3) is 4.70. The van der Waals surface area contributed by atoms with Crippen molar-refractivity contribution in [1.29, 1.82) is 0 Å². The molecule has 4 amide bonds. The van der Waals surface area contributed by atoms with Gasteiger partial charge in [-0.3, -0.25) is 29.0 Å². The molecule has 236 valence electrons. The van der Waals surface area contributed by atoms with Gasteiger partial charge < -0.3 is 0 Å². The fraction of sp³-hybridized carbons (Fsp3) is 0.220. The first kappa shape index (κ1) is 31.6. The van der Waals surface area contributed by atoms with E-state index in [4.69, 9.17) is 0 Å². The molecule has 2 heterocycles. The van der Waals surface area contributed by atoms with Gasteiger partial charge in [-0.15, -0.1) is 0 Å². The molecular formula is C41H38N2O4. The molecule has 6 heteroatoms. The lowest BCUT2D eigenvalue weighted by atomic mass is 9.48. The van der Waals surface area contributed by atoms with E-state index in [1.165, 1.54) is 73.5 Å². The molecule has 5 aliphatic rings. The van der Waals surface area contributed by atoms with Gasteiger partial charge in [-0.1, -0.05) is 111 Å². The number of carbonyl (C=O) groups excluding carboxylic acids is 4. The van der Waals surface area contributed by atoms with E-state index in [0.717, 1.165) is 4.90 Å². The molecular weight excluding hydrogens is 584 g/mol. The third-order valence-corrected chi connectivity index (χ3v) is 10.3. The van der Waals surface area contributed by atoms with Crippen LogP contribution in [0.5, 0.6) is 0 Å². The molecule has 2 atom stereocenters. The van der Waals surface area contributed by atoms with E-state index in [2.05, 4.69) is 92.7 Å². The van der Waals surface area contributed by atoms with Gasteiger partial charge in [0.05, 0.1) is 11.8 Å². The van der Waals surface area contributed by atoms with Gasteiger partial charge in [0.1, 0.15) is 0 Å². The quantitative estimate of drug-likeness (QED) is 0.136. The number of likely N-dealkylation sites (tertiary alicyclic amines) is 1. The highest BCUT2D eigenvalue weighted by Crippen LogP contribution is 2.63. The smallest absolute Gasteiger partial charge is 0.253 e. The summed E-state index contributed by atoms with van der Waals surface area (Å²) >= 11 is 0. The number of imide groups is 2. The normalized spacial score (nSPS) is 23.0. The second kappa shape index (κ2) is 11.8. The Morgan fingerprint density at radius 3 is 1.51 bits per heavy atom. The van der Waals surface area contributed by atoms with Crippen LogP contribution >= 0.6 is 0 Å². The summed E-state index contributed by atoms with van der Waals surface area (Å²) in [5.74, 6) is -1.09. The van der Waals surface area contributed by atoms with Gasteiger partial charge in [-0.25, -0.2) is 0 Å². The molecule has 0 saturated carbocycles. The van der Waals surface area contributed by atoms with Gasteiger partial charge in [-0.2, -0.15) is 0 Å². The van der Waals surface area contributed by atoms with E-state index in [0.29, 0.717) is 0 Å². The van der Waals surface area contributed by atoms with Crippen LogP contribution in [0, 0.1) is 18.8 Å². The van der Waals surface area contributed by atoms with E-state index in [1.54, 1.807) is 7.05 Å². The minimum absolute atomic E-state index is 0. The van der Waals surface area contributed by atoms with Gasteiger partial charge >= 0.3 is 0 Å².